The molecule has 0 saturated heterocycles. The summed E-state index contributed by atoms with van der Waals surface area (Å²) in [5, 5.41) is 8.13. The first-order valence-corrected chi connectivity index (χ1v) is 9.42. The first-order chi connectivity index (χ1) is 12.7. The summed E-state index contributed by atoms with van der Waals surface area (Å²) in [7, 11) is 0. The van der Waals surface area contributed by atoms with Crippen LogP contribution >= 0.6 is 23.4 Å². The Hall–Kier alpha value is -2.51. The second kappa shape index (κ2) is 9.43. The molecule has 142 valence electrons. The number of anilines is 3. The summed E-state index contributed by atoms with van der Waals surface area (Å²) in [4.78, 5) is 35.6. The fourth-order valence-electron chi connectivity index (χ4n) is 2.21. The van der Waals surface area contributed by atoms with Crippen LogP contribution in [-0.2, 0) is 14.4 Å². The molecule has 0 radical (unpaired) electrons. The molecule has 3 amide bonds. The van der Waals surface area contributed by atoms with E-state index in [1.54, 1.807) is 37.3 Å². The van der Waals surface area contributed by atoms with Crippen molar-refractivity contribution in [2.45, 2.75) is 30.9 Å². The van der Waals surface area contributed by atoms with Gasteiger partial charge in [-0.25, -0.2) is 0 Å². The second-order valence-corrected chi connectivity index (χ2v) is 7.65. The van der Waals surface area contributed by atoms with Crippen LogP contribution in [0.25, 0.3) is 0 Å². The normalized spacial score (nSPS) is 11.4. The zero-order chi connectivity index (χ0) is 20.0. The molecule has 0 spiro atoms. The third-order valence-corrected chi connectivity index (χ3v) is 4.84. The molecule has 0 aliphatic heterocycles. The van der Waals surface area contributed by atoms with Crippen LogP contribution in [0, 0.1) is 0 Å². The third kappa shape index (κ3) is 6.62. The number of nitrogens with one attached hydrogen (secondary N) is 3. The predicted octanol–water partition coefficient (Wildman–Crippen LogP) is 4.38. The van der Waals surface area contributed by atoms with Crippen molar-refractivity contribution in [3.63, 3.8) is 0 Å². The van der Waals surface area contributed by atoms with Crippen molar-refractivity contribution in [2.24, 2.45) is 0 Å². The lowest BCUT2D eigenvalue weighted by molar-refractivity contribution is -0.115. The zero-order valence-electron chi connectivity index (χ0n) is 15.1. The molecule has 0 bridgehead atoms. The van der Waals surface area contributed by atoms with Gasteiger partial charge in [-0.15, -0.1) is 11.8 Å². The molecule has 27 heavy (non-hydrogen) atoms. The average Bonchev–Trinajstić information content (AvgIpc) is 2.58. The van der Waals surface area contributed by atoms with E-state index in [4.69, 9.17) is 11.6 Å². The van der Waals surface area contributed by atoms with E-state index >= 15 is 0 Å². The Morgan fingerprint density at radius 3 is 2.04 bits per heavy atom. The largest absolute Gasteiger partial charge is 0.326 e. The summed E-state index contributed by atoms with van der Waals surface area (Å²) in [6, 6.07) is 12.1. The maximum Gasteiger partial charge on any atom is 0.237 e. The number of carbonyl (C=O) groups is 3. The third-order valence-electron chi connectivity index (χ3n) is 3.40. The summed E-state index contributed by atoms with van der Waals surface area (Å²) in [6.07, 6.45) is 0. The highest BCUT2D eigenvalue weighted by Crippen LogP contribution is 2.29. The lowest BCUT2D eigenvalue weighted by Gasteiger charge is -2.14. The van der Waals surface area contributed by atoms with E-state index in [1.807, 2.05) is 12.1 Å². The summed E-state index contributed by atoms with van der Waals surface area (Å²) in [6.45, 7) is 4.64. The molecule has 6 nitrogen and oxygen atoms in total. The van der Waals surface area contributed by atoms with Crippen molar-refractivity contribution >= 4 is 58.1 Å². The molecule has 3 N–H and O–H groups in total. The average molecular weight is 406 g/mol. The van der Waals surface area contributed by atoms with Crippen molar-refractivity contribution < 1.29 is 14.4 Å². The number of benzene rings is 2. The molecule has 0 aliphatic rings. The molecule has 0 saturated carbocycles. The lowest BCUT2D eigenvalue weighted by Crippen LogP contribution is -2.22. The highest BCUT2D eigenvalue weighted by atomic mass is 35.5. The Morgan fingerprint density at radius 2 is 1.44 bits per heavy atom. The van der Waals surface area contributed by atoms with E-state index in [-0.39, 0.29) is 23.0 Å². The van der Waals surface area contributed by atoms with Crippen LogP contribution in [0.2, 0.25) is 5.02 Å². The Morgan fingerprint density at radius 1 is 0.889 bits per heavy atom. The molecule has 2 rings (SSSR count). The predicted molar refractivity (Wildman–Crippen MR) is 110 cm³/mol. The molecule has 2 aromatic carbocycles. The van der Waals surface area contributed by atoms with E-state index in [9.17, 15) is 14.4 Å². The van der Waals surface area contributed by atoms with E-state index in [0.29, 0.717) is 22.1 Å². The standard InChI is InChI=1S/C19H20ClN3O3S/c1-11(27-16-7-4-14(5-8-16)21-12(2)24)19(26)23-18-10-15(22-13(3)25)6-9-17(18)20/h4-11H,1-3H3,(H,21,24)(H,22,25)(H,23,26). The van der Waals surface area contributed by atoms with Gasteiger partial charge in [-0.2, -0.15) is 0 Å². The molecule has 2 aromatic rings. The van der Waals surface area contributed by atoms with Crippen LogP contribution in [-0.4, -0.2) is 23.0 Å². The minimum atomic E-state index is -0.378. The Bertz CT molecular complexity index is 856. The van der Waals surface area contributed by atoms with Gasteiger partial charge in [0.2, 0.25) is 17.7 Å². The molecule has 8 heteroatoms. The van der Waals surface area contributed by atoms with Crippen molar-refractivity contribution in [3.05, 3.63) is 47.5 Å². The maximum absolute atomic E-state index is 12.5. The maximum atomic E-state index is 12.5. The van der Waals surface area contributed by atoms with Gasteiger partial charge in [0, 0.05) is 30.1 Å². The Kier molecular flexibility index (Phi) is 7.27. The molecule has 0 aromatic heterocycles. The molecular formula is C19H20ClN3O3S. The van der Waals surface area contributed by atoms with Gasteiger partial charge in [0.15, 0.2) is 0 Å². The number of halogens is 1. The number of hydrogen-bond acceptors (Lipinski definition) is 4. The molecule has 1 atom stereocenters. The molecule has 1 unspecified atom stereocenters. The molecule has 0 aliphatic carbocycles. The van der Waals surface area contributed by atoms with E-state index < -0.39 is 0 Å². The van der Waals surface area contributed by atoms with Gasteiger partial charge in [0.1, 0.15) is 0 Å². The van der Waals surface area contributed by atoms with Crippen LogP contribution in [0.15, 0.2) is 47.4 Å². The first-order valence-electron chi connectivity index (χ1n) is 8.17. The van der Waals surface area contributed by atoms with Crippen molar-refractivity contribution in [1.29, 1.82) is 0 Å². The van der Waals surface area contributed by atoms with Gasteiger partial charge in [0.25, 0.3) is 0 Å². The fourth-order valence-corrected chi connectivity index (χ4v) is 3.25. The van der Waals surface area contributed by atoms with Crippen LogP contribution in [0.4, 0.5) is 17.1 Å². The van der Waals surface area contributed by atoms with E-state index in [1.165, 1.54) is 25.6 Å². The van der Waals surface area contributed by atoms with Gasteiger partial charge in [-0.1, -0.05) is 11.6 Å². The number of carbonyl (C=O) groups excluding carboxylic acids is 3. The lowest BCUT2D eigenvalue weighted by atomic mass is 10.2. The van der Waals surface area contributed by atoms with Gasteiger partial charge in [-0.05, 0) is 49.4 Å². The minimum Gasteiger partial charge on any atom is -0.326 e. The number of thioether (sulfide) groups is 1. The van der Waals surface area contributed by atoms with E-state index in [2.05, 4.69) is 16.0 Å². The van der Waals surface area contributed by atoms with Crippen molar-refractivity contribution in [1.82, 2.24) is 0 Å². The van der Waals surface area contributed by atoms with Gasteiger partial charge in [0.05, 0.1) is 16.0 Å². The van der Waals surface area contributed by atoms with Crippen LogP contribution in [0.3, 0.4) is 0 Å². The van der Waals surface area contributed by atoms with Crippen molar-refractivity contribution in [2.75, 3.05) is 16.0 Å². The van der Waals surface area contributed by atoms with Crippen molar-refractivity contribution in [3.8, 4) is 0 Å². The van der Waals surface area contributed by atoms with Gasteiger partial charge in [-0.3, -0.25) is 14.4 Å². The smallest absolute Gasteiger partial charge is 0.237 e. The number of hydrogen-bond donors (Lipinski definition) is 3. The van der Waals surface area contributed by atoms with Crippen LogP contribution in [0.5, 0.6) is 0 Å². The first kappa shape index (κ1) is 20.8. The second-order valence-electron chi connectivity index (χ2n) is 5.83. The quantitative estimate of drug-likeness (QED) is 0.622. The SMILES string of the molecule is CC(=O)Nc1ccc(SC(C)C(=O)Nc2cc(NC(C)=O)ccc2Cl)cc1. The topological polar surface area (TPSA) is 87.3 Å². The minimum absolute atomic E-state index is 0.137. The van der Waals surface area contributed by atoms with Crippen LogP contribution < -0.4 is 16.0 Å². The number of rotatable bonds is 6. The number of amides is 3. The fraction of sp³-hybridized carbons (Fsp3) is 0.211. The summed E-state index contributed by atoms with van der Waals surface area (Å²) in [5.41, 5.74) is 1.68. The monoisotopic (exact) mass is 405 g/mol. The highest BCUT2D eigenvalue weighted by Gasteiger charge is 2.16. The Labute approximate surface area is 167 Å². The summed E-state index contributed by atoms with van der Waals surface area (Å²) >= 11 is 7.51. The summed E-state index contributed by atoms with van der Waals surface area (Å²) in [5.74, 6) is -0.560. The highest BCUT2D eigenvalue weighted by molar-refractivity contribution is 8.00. The van der Waals surface area contributed by atoms with Crippen LogP contribution in [0.1, 0.15) is 20.8 Å². The molecular weight excluding hydrogens is 386 g/mol. The van der Waals surface area contributed by atoms with Gasteiger partial charge >= 0.3 is 0 Å². The molecule has 0 heterocycles. The molecule has 0 fully saturated rings. The van der Waals surface area contributed by atoms with Gasteiger partial charge < -0.3 is 16.0 Å². The van der Waals surface area contributed by atoms with E-state index in [0.717, 1.165) is 4.90 Å². The summed E-state index contributed by atoms with van der Waals surface area (Å²) < 4.78 is 0. The zero-order valence-corrected chi connectivity index (χ0v) is 16.7. The Balaban J connectivity index is 2.01.